The molecule has 0 fully saturated rings. The van der Waals surface area contributed by atoms with Crippen LogP contribution in [0.4, 0.5) is 0 Å². The van der Waals surface area contributed by atoms with Gasteiger partial charge in [-0.1, -0.05) is 94.8 Å². The molecule has 3 heteroatoms. The molecule has 0 bridgehead atoms. The van der Waals surface area contributed by atoms with E-state index in [-0.39, 0.29) is 0 Å². The molecule has 1 heterocycles. The average molecular weight is 475 g/mol. The summed E-state index contributed by atoms with van der Waals surface area (Å²) in [6, 6.07) is 34.9. The van der Waals surface area contributed by atoms with Gasteiger partial charge in [0.25, 0.3) is 0 Å². The molecule has 152 valence electrons. The van der Waals surface area contributed by atoms with Crippen LogP contribution in [0.5, 0.6) is 0 Å². The van der Waals surface area contributed by atoms with Crippen LogP contribution in [0.15, 0.2) is 120 Å². The zero-order chi connectivity index (χ0) is 21.5. The van der Waals surface area contributed by atoms with Crippen molar-refractivity contribution in [3.8, 4) is 22.4 Å². The molecule has 0 spiro atoms. The molecule has 32 heavy (non-hydrogen) atoms. The average Bonchev–Trinajstić information content (AvgIpc) is 3.15. The molecule has 4 aromatic carbocycles. The molecule has 0 saturated heterocycles. The Bertz CT molecular complexity index is 1370. The van der Waals surface area contributed by atoms with Gasteiger partial charge in [-0.05, 0) is 51.6 Å². The first kappa shape index (κ1) is 19.1. The first-order chi connectivity index (χ1) is 15.8. The molecular weight excluding hydrogens is 456 g/mol. The maximum atomic E-state index is 4.56. The first-order valence-electron chi connectivity index (χ1n) is 10.6. The van der Waals surface area contributed by atoms with Gasteiger partial charge in [-0.25, -0.2) is 0 Å². The van der Waals surface area contributed by atoms with E-state index in [1.54, 1.807) is 12.4 Å². The Morgan fingerprint density at radius 2 is 1.25 bits per heavy atom. The number of fused-ring (bicyclic) bond motifs is 3. The van der Waals surface area contributed by atoms with Gasteiger partial charge in [0.2, 0.25) is 0 Å². The minimum absolute atomic E-state index is 0.421. The van der Waals surface area contributed by atoms with E-state index in [1.165, 1.54) is 33.4 Å². The van der Waals surface area contributed by atoms with Gasteiger partial charge in [0.15, 0.2) is 0 Å². The third-order valence-corrected chi connectivity index (χ3v) is 6.87. The van der Waals surface area contributed by atoms with E-state index in [1.807, 2.05) is 6.20 Å². The summed E-state index contributed by atoms with van der Waals surface area (Å²) < 4.78 is 1.08. The van der Waals surface area contributed by atoms with Crippen LogP contribution in [0.1, 0.15) is 22.3 Å². The largest absolute Gasteiger partial charge is 0.261 e. The van der Waals surface area contributed by atoms with Crippen LogP contribution in [-0.2, 0) is 5.41 Å². The predicted molar refractivity (Wildman–Crippen MR) is 132 cm³/mol. The van der Waals surface area contributed by atoms with Crippen molar-refractivity contribution in [2.45, 2.75) is 5.41 Å². The zero-order valence-electron chi connectivity index (χ0n) is 17.2. The van der Waals surface area contributed by atoms with Crippen molar-refractivity contribution in [1.82, 2.24) is 9.97 Å². The van der Waals surface area contributed by atoms with Crippen LogP contribution in [0.3, 0.4) is 0 Å². The molecule has 1 aromatic heterocycles. The number of hydrogen-bond acceptors (Lipinski definition) is 2. The molecule has 0 N–H and O–H groups in total. The van der Waals surface area contributed by atoms with E-state index in [2.05, 4.69) is 123 Å². The fourth-order valence-corrected chi connectivity index (χ4v) is 5.43. The van der Waals surface area contributed by atoms with Gasteiger partial charge >= 0.3 is 0 Å². The maximum Gasteiger partial charge on any atom is 0.0885 e. The van der Waals surface area contributed by atoms with Crippen molar-refractivity contribution in [2.75, 3.05) is 0 Å². The summed E-state index contributed by atoms with van der Waals surface area (Å²) in [7, 11) is 0. The summed E-state index contributed by atoms with van der Waals surface area (Å²) in [5.74, 6) is 0. The number of halogens is 1. The Balaban J connectivity index is 1.76. The molecule has 1 aliphatic rings. The lowest BCUT2D eigenvalue weighted by Gasteiger charge is -2.34. The topological polar surface area (TPSA) is 25.8 Å². The van der Waals surface area contributed by atoms with E-state index in [0.29, 0.717) is 0 Å². The second kappa shape index (κ2) is 7.54. The van der Waals surface area contributed by atoms with Crippen molar-refractivity contribution in [3.63, 3.8) is 0 Å². The molecule has 0 saturated carbocycles. The van der Waals surface area contributed by atoms with Crippen molar-refractivity contribution in [2.24, 2.45) is 0 Å². The molecule has 0 atom stereocenters. The highest BCUT2D eigenvalue weighted by atomic mass is 79.9. The van der Waals surface area contributed by atoms with Gasteiger partial charge in [-0.3, -0.25) is 9.97 Å². The number of rotatable bonds is 3. The monoisotopic (exact) mass is 474 g/mol. The normalized spacial score (nSPS) is 13.4. The second-order valence-electron chi connectivity index (χ2n) is 8.02. The van der Waals surface area contributed by atoms with Gasteiger partial charge in [-0.15, -0.1) is 0 Å². The Hall–Kier alpha value is -3.56. The van der Waals surface area contributed by atoms with Crippen LogP contribution in [0.2, 0.25) is 0 Å². The Labute approximate surface area is 195 Å². The van der Waals surface area contributed by atoms with Gasteiger partial charge in [0.05, 0.1) is 17.3 Å². The van der Waals surface area contributed by atoms with Gasteiger partial charge in [0, 0.05) is 22.4 Å². The smallest absolute Gasteiger partial charge is 0.0885 e. The Morgan fingerprint density at radius 3 is 1.88 bits per heavy atom. The summed E-state index contributed by atoms with van der Waals surface area (Å²) in [6.07, 6.45) is 5.28. The number of nitrogens with zero attached hydrogens (tertiary/aromatic N) is 2. The Morgan fingerprint density at radius 1 is 0.625 bits per heavy atom. The summed E-state index contributed by atoms with van der Waals surface area (Å²) in [5.41, 5.74) is 9.11. The third kappa shape index (κ3) is 2.78. The number of aromatic nitrogens is 2. The lowest BCUT2D eigenvalue weighted by molar-refractivity contribution is 0.768. The molecule has 0 amide bonds. The third-order valence-electron chi connectivity index (χ3n) is 6.37. The van der Waals surface area contributed by atoms with Crippen molar-refractivity contribution >= 4 is 15.9 Å². The predicted octanol–water partition coefficient (Wildman–Crippen LogP) is 7.27. The lowest BCUT2D eigenvalue weighted by atomic mass is 9.67. The van der Waals surface area contributed by atoms with Gasteiger partial charge < -0.3 is 0 Å². The summed E-state index contributed by atoms with van der Waals surface area (Å²) in [6.45, 7) is 0. The van der Waals surface area contributed by atoms with Crippen LogP contribution >= 0.6 is 15.9 Å². The maximum absolute atomic E-state index is 4.56. The standard InChI is InChI=1S/C29H19BrN2/c30-23-12-14-25-24-13-11-20(28-19-31-15-16-32-28)17-26(24)29(27(25)18-23,21-7-3-1-4-8-21)22-9-5-2-6-10-22/h1-19H. The molecule has 1 aliphatic carbocycles. The minimum atomic E-state index is -0.421. The van der Waals surface area contributed by atoms with E-state index in [0.717, 1.165) is 15.7 Å². The molecule has 0 aliphatic heterocycles. The Kier molecular flexibility index (Phi) is 4.51. The van der Waals surface area contributed by atoms with Gasteiger partial charge in [0.1, 0.15) is 0 Å². The number of benzene rings is 4. The highest BCUT2D eigenvalue weighted by Crippen LogP contribution is 2.57. The highest BCUT2D eigenvalue weighted by Gasteiger charge is 2.46. The van der Waals surface area contributed by atoms with E-state index in [9.17, 15) is 0 Å². The molecule has 0 radical (unpaired) electrons. The van der Waals surface area contributed by atoms with E-state index in [4.69, 9.17) is 0 Å². The first-order valence-corrected chi connectivity index (χ1v) is 11.4. The van der Waals surface area contributed by atoms with Gasteiger partial charge in [-0.2, -0.15) is 0 Å². The second-order valence-corrected chi connectivity index (χ2v) is 8.94. The summed E-state index contributed by atoms with van der Waals surface area (Å²) >= 11 is 3.74. The SMILES string of the molecule is Brc1ccc2c(c1)C(c1ccccc1)(c1ccccc1)c1cc(-c3cnccn3)ccc1-2. The molecule has 6 rings (SSSR count). The van der Waals surface area contributed by atoms with Crippen LogP contribution in [0.25, 0.3) is 22.4 Å². The zero-order valence-corrected chi connectivity index (χ0v) is 18.8. The van der Waals surface area contributed by atoms with Crippen LogP contribution in [0, 0.1) is 0 Å². The summed E-state index contributed by atoms with van der Waals surface area (Å²) in [5, 5.41) is 0. The molecule has 2 nitrogen and oxygen atoms in total. The van der Waals surface area contributed by atoms with Crippen molar-refractivity contribution < 1.29 is 0 Å². The lowest BCUT2D eigenvalue weighted by Crippen LogP contribution is -2.28. The van der Waals surface area contributed by atoms with Crippen LogP contribution < -0.4 is 0 Å². The van der Waals surface area contributed by atoms with E-state index >= 15 is 0 Å². The van der Waals surface area contributed by atoms with Crippen LogP contribution in [-0.4, -0.2) is 9.97 Å². The molecular formula is C29H19BrN2. The van der Waals surface area contributed by atoms with Crippen molar-refractivity contribution in [1.29, 1.82) is 0 Å². The highest BCUT2D eigenvalue weighted by molar-refractivity contribution is 9.10. The van der Waals surface area contributed by atoms with E-state index < -0.39 is 5.41 Å². The number of hydrogen-bond donors (Lipinski definition) is 0. The summed E-state index contributed by atoms with van der Waals surface area (Å²) in [4.78, 5) is 8.85. The minimum Gasteiger partial charge on any atom is -0.261 e. The fraction of sp³-hybridized carbons (Fsp3) is 0.0345. The molecule has 0 unspecified atom stereocenters. The fourth-order valence-electron chi connectivity index (χ4n) is 5.07. The van der Waals surface area contributed by atoms with Crippen molar-refractivity contribution in [3.05, 3.63) is 142 Å². The quantitative estimate of drug-likeness (QED) is 0.269. The molecule has 5 aromatic rings.